The summed E-state index contributed by atoms with van der Waals surface area (Å²) in [4.78, 5) is 3.41. The summed E-state index contributed by atoms with van der Waals surface area (Å²) < 4.78 is 0. The van der Waals surface area contributed by atoms with E-state index in [1.165, 1.54) is 32.1 Å². The van der Waals surface area contributed by atoms with Crippen molar-refractivity contribution < 1.29 is 0 Å². The molecule has 3 heteroatoms. The average molecular weight is 277 g/mol. The Hall–Kier alpha value is -0.990. The van der Waals surface area contributed by atoms with Crippen molar-refractivity contribution in [3.63, 3.8) is 0 Å². The summed E-state index contributed by atoms with van der Waals surface area (Å²) in [6, 6.07) is 8.21. The largest absolute Gasteiger partial charge is 0.356 e. The Morgan fingerprint density at radius 2 is 1.95 bits per heavy atom. The highest BCUT2D eigenvalue weighted by Gasteiger charge is 2.13. The second kappa shape index (κ2) is 5.98. The van der Waals surface area contributed by atoms with Crippen molar-refractivity contribution >= 4 is 22.5 Å². The summed E-state index contributed by atoms with van der Waals surface area (Å²) in [5.74, 6) is 0.858. The summed E-state index contributed by atoms with van der Waals surface area (Å²) in [6.45, 7) is 1.95. The van der Waals surface area contributed by atoms with Crippen molar-refractivity contribution in [2.45, 2.75) is 38.6 Å². The summed E-state index contributed by atoms with van der Waals surface area (Å²) >= 11 is 6.41. The van der Waals surface area contributed by atoms with Gasteiger partial charge >= 0.3 is 0 Å². The molecule has 0 saturated heterocycles. The first-order valence-corrected chi connectivity index (χ1v) is 7.68. The van der Waals surface area contributed by atoms with Crippen LogP contribution in [0.3, 0.4) is 0 Å². The number of nitrogens with one attached hydrogen (secondary N) is 2. The van der Waals surface area contributed by atoms with Crippen LogP contribution in [0.2, 0.25) is 5.02 Å². The van der Waals surface area contributed by atoms with Gasteiger partial charge in [-0.15, -0.1) is 0 Å². The third-order valence-electron chi connectivity index (χ3n) is 4.17. The molecule has 19 heavy (non-hydrogen) atoms. The topological polar surface area (TPSA) is 27.8 Å². The molecule has 1 aliphatic carbocycles. The molecular weight excluding hydrogens is 256 g/mol. The average Bonchev–Trinajstić information content (AvgIpc) is 2.78. The highest BCUT2D eigenvalue weighted by atomic mass is 35.5. The first kappa shape index (κ1) is 13.0. The predicted molar refractivity (Wildman–Crippen MR) is 81.6 cm³/mol. The van der Waals surface area contributed by atoms with Crippen molar-refractivity contribution in [1.82, 2.24) is 10.3 Å². The fourth-order valence-corrected chi connectivity index (χ4v) is 3.36. The number of para-hydroxylation sites is 1. The minimum atomic E-state index is 0.837. The summed E-state index contributed by atoms with van der Waals surface area (Å²) in [7, 11) is 0. The number of hydrogen-bond donors (Lipinski definition) is 2. The van der Waals surface area contributed by atoms with Crippen LogP contribution in [0.5, 0.6) is 0 Å². The molecule has 1 saturated carbocycles. The van der Waals surface area contributed by atoms with Gasteiger partial charge in [-0.1, -0.05) is 49.1 Å². The first-order valence-electron chi connectivity index (χ1n) is 7.30. The molecule has 3 rings (SSSR count). The second-order valence-corrected chi connectivity index (χ2v) is 5.98. The molecule has 2 nitrogen and oxygen atoms in total. The van der Waals surface area contributed by atoms with Gasteiger partial charge in [0.1, 0.15) is 0 Å². The van der Waals surface area contributed by atoms with Crippen LogP contribution in [-0.2, 0) is 6.54 Å². The minimum Gasteiger partial charge on any atom is -0.356 e. The van der Waals surface area contributed by atoms with Crippen molar-refractivity contribution in [2.24, 2.45) is 5.92 Å². The molecule has 0 unspecified atom stereocenters. The monoisotopic (exact) mass is 276 g/mol. The Bertz CT molecular complexity index is 541. The van der Waals surface area contributed by atoms with Crippen LogP contribution in [-0.4, -0.2) is 11.5 Å². The van der Waals surface area contributed by atoms with Crippen LogP contribution in [0.1, 0.15) is 37.8 Å². The molecule has 2 aromatic rings. The molecule has 1 fully saturated rings. The van der Waals surface area contributed by atoms with Crippen LogP contribution in [0, 0.1) is 5.92 Å². The van der Waals surface area contributed by atoms with E-state index in [-0.39, 0.29) is 0 Å². The molecule has 2 N–H and O–H groups in total. The lowest BCUT2D eigenvalue weighted by Crippen LogP contribution is -2.24. The quantitative estimate of drug-likeness (QED) is 0.846. The number of H-pyrrole nitrogens is 1. The number of halogens is 1. The molecule has 0 spiro atoms. The minimum absolute atomic E-state index is 0.837. The molecule has 0 bridgehead atoms. The van der Waals surface area contributed by atoms with E-state index in [9.17, 15) is 0 Å². The Morgan fingerprint density at radius 3 is 2.74 bits per heavy atom. The lowest BCUT2D eigenvalue weighted by atomic mass is 9.89. The van der Waals surface area contributed by atoms with Crippen LogP contribution in [0.4, 0.5) is 0 Å². The number of fused-ring (bicyclic) bond motifs is 1. The number of aromatic nitrogens is 1. The molecule has 102 valence electrons. The highest BCUT2D eigenvalue weighted by Crippen LogP contribution is 2.27. The first-order chi connectivity index (χ1) is 9.34. The van der Waals surface area contributed by atoms with Gasteiger partial charge in [-0.25, -0.2) is 0 Å². The van der Waals surface area contributed by atoms with E-state index in [0.717, 1.165) is 40.6 Å². The summed E-state index contributed by atoms with van der Waals surface area (Å²) in [6.07, 6.45) is 6.99. The van der Waals surface area contributed by atoms with E-state index >= 15 is 0 Å². The zero-order valence-corrected chi connectivity index (χ0v) is 12.0. The van der Waals surface area contributed by atoms with Gasteiger partial charge in [0.15, 0.2) is 0 Å². The van der Waals surface area contributed by atoms with Crippen LogP contribution < -0.4 is 5.32 Å². The predicted octanol–water partition coefficient (Wildman–Crippen LogP) is 4.49. The van der Waals surface area contributed by atoms with Crippen molar-refractivity contribution in [1.29, 1.82) is 0 Å². The van der Waals surface area contributed by atoms with E-state index in [1.807, 2.05) is 12.1 Å². The molecule has 1 aromatic heterocycles. The molecule has 1 aliphatic rings. The van der Waals surface area contributed by atoms with Gasteiger partial charge in [0.25, 0.3) is 0 Å². The van der Waals surface area contributed by atoms with E-state index in [4.69, 9.17) is 11.6 Å². The fourth-order valence-electron chi connectivity index (χ4n) is 3.08. The van der Waals surface area contributed by atoms with Gasteiger partial charge in [0.05, 0.1) is 5.02 Å². The maximum Gasteiger partial charge on any atom is 0.0705 e. The molecule has 1 aromatic carbocycles. The van der Waals surface area contributed by atoms with Crippen LogP contribution >= 0.6 is 11.6 Å². The maximum absolute atomic E-state index is 6.41. The number of aromatic amines is 1. The molecule has 0 atom stereocenters. The van der Waals surface area contributed by atoms with Crippen molar-refractivity contribution in [3.8, 4) is 0 Å². The standard InChI is InChI=1S/C16H21ClN2/c17-16-13-8-4-5-9-14(13)19-15(16)11-18-10-12-6-2-1-3-7-12/h4-5,8-9,12,18-19H,1-3,6-7,10-11H2. The van der Waals surface area contributed by atoms with E-state index in [1.54, 1.807) is 0 Å². The van der Waals surface area contributed by atoms with Gasteiger partial charge in [0.2, 0.25) is 0 Å². The summed E-state index contributed by atoms with van der Waals surface area (Å²) in [5, 5.41) is 5.55. The SMILES string of the molecule is Clc1c(CNCC2CCCCC2)[nH]c2ccccc12. The molecular formula is C16H21ClN2. The number of hydrogen-bond acceptors (Lipinski definition) is 1. The lowest BCUT2D eigenvalue weighted by Gasteiger charge is -2.21. The molecule has 0 aliphatic heterocycles. The van der Waals surface area contributed by atoms with Gasteiger partial charge < -0.3 is 10.3 Å². The van der Waals surface area contributed by atoms with Crippen LogP contribution in [0.25, 0.3) is 10.9 Å². The second-order valence-electron chi connectivity index (χ2n) is 5.60. The Balaban J connectivity index is 1.60. The van der Waals surface area contributed by atoms with Crippen molar-refractivity contribution in [2.75, 3.05) is 6.54 Å². The van der Waals surface area contributed by atoms with E-state index in [2.05, 4.69) is 22.4 Å². The third-order valence-corrected chi connectivity index (χ3v) is 4.61. The normalized spacial score (nSPS) is 17.1. The van der Waals surface area contributed by atoms with E-state index in [0.29, 0.717) is 0 Å². The fraction of sp³-hybridized carbons (Fsp3) is 0.500. The Morgan fingerprint density at radius 1 is 1.16 bits per heavy atom. The zero-order valence-electron chi connectivity index (χ0n) is 11.2. The zero-order chi connectivity index (χ0) is 13.1. The molecule has 0 radical (unpaired) electrons. The van der Waals surface area contributed by atoms with Gasteiger partial charge in [-0.3, -0.25) is 0 Å². The van der Waals surface area contributed by atoms with Gasteiger partial charge in [-0.05, 0) is 31.4 Å². The van der Waals surface area contributed by atoms with E-state index < -0.39 is 0 Å². The smallest absolute Gasteiger partial charge is 0.0705 e. The van der Waals surface area contributed by atoms with Gasteiger partial charge in [0, 0.05) is 23.1 Å². The maximum atomic E-state index is 6.41. The van der Waals surface area contributed by atoms with Crippen molar-refractivity contribution in [3.05, 3.63) is 35.0 Å². The number of benzene rings is 1. The number of rotatable bonds is 4. The molecule has 1 heterocycles. The van der Waals surface area contributed by atoms with Gasteiger partial charge in [-0.2, -0.15) is 0 Å². The lowest BCUT2D eigenvalue weighted by molar-refractivity contribution is 0.341. The third kappa shape index (κ3) is 2.96. The highest BCUT2D eigenvalue weighted by molar-refractivity contribution is 6.36. The Labute approximate surface area is 119 Å². The Kier molecular flexibility index (Phi) is 4.09. The summed E-state index contributed by atoms with van der Waals surface area (Å²) in [5.41, 5.74) is 2.24. The molecule has 0 amide bonds. The van der Waals surface area contributed by atoms with Crippen LogP contribution in [0.15, 0.2) is 24.3 Å².